The summed E-state index contributed by atoms with van der Waals surface area (Å²) in [5.74, 6) is -0.666. The number of carbonyl (C=O) groups is 2. The molecular formula is C16H14N2O2. The number of imide groups is 1. The molecule has 1 fully saturated rings. The summed E-state index contributed by atoms with van der Waals surface area (Å²) in [7, 11) is 0. The summed E-state index contributed by atoms with van der Waals surface area (Å²) in [6, 6.07) is 9.88. The molecule has 4 nitrogen and oxygen atoms in total. The summed E-state index contributed by atoms with van der Waals surface area (Å²) in [5.41, 5.74) is 0.943. The van der Waals surface area contributed by atoms with Crippen LogP contribution in [-0.2, 0) is 15.0 Å². The molecule has 0 spiro atoms. The minimum Gasteiger partial charge on any atom is -0.357 e. The van der Waals surface area contributed by atoms with Crippen LogP contribution in [-0.4, -0.2) is 16.8 Å². The molecule has 2 aromatic rings. The summed E-state index contributed by atoms with van der Waals surface area (Å²) >= 11 is 0. The Morgan fingerprint density at radius 2 is 2.05 bits per heavy atom. The largest absolute Gasteiger partial charge is 0.357 e. The van der Waals surface area contributed by atoms with Crippen LogP contribution < -0.4 is 5.32 Å². The molecule has 2 amide bonds. The van der Waals surface area contributed by atoms with Crippen LogP contribution in [0.4, 0.5) is 0 Å². The van der Waals surface area contributed by atoms with Gasteiger partial charge in [0, 0.05) is 11.2 Å². The molecule has 2 atom stereocenters. The van der Waals surface area contributed by atoms with Crippen molar-refractivity contribution in [3.8, 4) is 0 Å². The second-order valence-electron chi connectivity index (χ2n) is 5.49. The van der Waals surface area contributed by atoms with Gasteiger partial charge in [0.25, 0.3) is 0 Å². The number of aromatic nitrogens is 1. The summed E-state index contributed by atoms with van der Waals surface area (Å²) in [6.45, 7) is 0. The van der Waals surface area contributed by atoms with Gasteiger partial charge >= 0.3 is 0 Å². The van der Waals surface area contributed by atoms with Crippen molar-refractivity contribution < 1.29 is 9.59 Å². The van der Waals surface area contributed by atoms with Crippen molar-refractivity contribution in [1.29, 1.82) is 0 Å². The third kappa shape index (κ3) is 1.31. The predicted octanol–water partition coefficient (Wildman–Crippen LogP) is 2.03. The predicted molar refractivity (Wildman–Crippen MR) is 75.0 cm³/mol. The van der Waals surface area contributed by atoms with Gasteiger partial charge in [-0.1, -0.05) is 30.4 Å². The van der Waals surface area contributed by atoms with E-state index in [-0.39, 0.29) is 17.7 Å². The van der Waals surface area contributed by atoms with Crippen LogP contribution in [0.2, 0.25) is 0 Å². The van der Waals surface area contributed by atoms with Crippen LogP contribution in [0, 0.1) is 5.92 Å². The van der Waals surface area contributed by atoms with E-state index in [2.05, 4.69) is 10.3 Å². The van der Waals surface area contributed by atoms with Crippen LogP contribution in [0.15, 0.2) is 42.5 Å². The molecule has 0 saturated carbocycles. The minimum atomic E-state index is -0.853. The second-order valence-corrected chi connectivity index (χ2v) is 5.49. The van der Waals surface area contributed by atoms with Crippen molar-refractivity contribution in [1.82, 2.24) is 10.3 Å². The first-order chi connectivity index (χ1) is 9.72. The fourth-order valence-electron chi connectivity index (χ4n) is 3.45. The van der Waals surface area contributed by atoms with Crippen molar-refractivity contribution in [2.24, 2.45) is 5.92 Å². The number of para-hydroxylation sites is 1. The van der Waals surface area contributed by atoms with Crippen LogP contribution in [0.25, 0.3) is 10.9 Å². The van der Waals surface area contributed by atoms with E-state index in [9.17, 15) is 9.59 Å². The van der Waals surface area contributed by atoms with Gasteiger partial charge in [-0.15, -0.1) is 0 Å². The van der Waals surface area contributed by atoms with Gasteiger partial charge in [0.2, 0.25) is 11.8 Å². The Labute approximate surface area is 115 Å². The highest BCUT2D eigenvalue weighted by Crippen LogP contribution is 2.44. The zero-order valence-electron chi connectivity index (χ0n) is 10.8. The van der Waals surface area contributed by atoms with Gasteiger partial charge in [-0.2, -0.15) is 0 Å². The van der Waals surface area contributed by atoms with Crippen molar-refractivity contribution in [3.63, 3.8) is 0 Å². The maximum atomic E-state index is 12.4. The number of nitrogens with one attached hydrogen (secondary N) is 2. The van der Waals surface area contributed by atoms with E-state index in [1.54, 1.807) is 0 Å². The summed E-state index contributed by atoms with van der Waals surface area (Å²) < 4.78 is 0. The number of benzene rings is 1. The third-order valence-electron chi connectivity index (χ3n) is 4.46. The van der Waals surface area contributed by atoms with Gasteiger partial charge < -0.3 is 4.98 Å². The maximum absolute atomic E-state index is 12.4. The van der Waals surface area contributed by atoms with E-state index in [1.807, 2.05) is 42.5 Å². The number of rotatable bonds is 1. The Morgan fingerprint density at radius 1 is 1.20 bits per heavy atom. The molecule has 2 aliphatic rings. The fraction of sp³-hybridized carbons (Fsp3) is 0.250. The molecule has 1 aliphatic heterocycles. The normalized spacial score (nSPS) is 28.7. The first kappa shape index (κ1) is 11.5. The molecule has 4 rings (SSSR count). The zero-order valence-corrected chi connectivity index (χ0v) is 10.8. The van der Waals surface area contributed by atoms with Gasteiger partial charge in [0.15, 0.2) is 0 Å². The molecule has 2 N–H and O–H groups in total. The molecule has 1 aliphatic carbocycles. The molecule has 4 heteroatoms. The quantitative estimate of drug-likeness (QED) is 0.613. The van der Waals surface area contributed by atoms with Gasteiger partial charge in [0.1, 0.15) is 5.41 Å². The lowest BCUT2D eigenvalue weighted by Gasteiger charge is -2.30. The van der Waals surface area contributed by atoms with E-state index in [0.717, 1.165) is 23.0 Å². The topological polar surface area (TPSA) is 62.0 Å². The Kier molecular flexibility index (Phi) is 2.19. The lowest BCUT2D eigenvalue weighted by Crippen LogP contribution is -2.39. The van der Waals surface area contributed by atoms with Crippen LogP contribution in [0.1, 0.15) is 18.5 Å². The van der Waals surface area contributed by atoms with Gasteiger partial charge in [-0.05, 0) is 30.4 Å². The fourth-order valence-corrected chi connectivity index (χ4v) is 3.45. The number of amides is 2. The van der Waals surface area contributed by atoms with Crippen molar-refractivity contribution in [2.45, 2.75) is 18.3 Å². The minimum absolute atomic E-state index is 0.155. The number of hydrogen-bond acceptors (Lipinski definition) is 2. The number of aromatic amines is 1. The Balaban J connectivity index is 1.97. The van der Waals surface area contributed by atoms with E-state index >= 15 is 0 Å². The molecule has 0 radical (unpaired) electrons. The summed E-state index contributed by atoms with van der Waals surface area (Å²) in [5, 5.41) is 3.55. The van der Waals surface area contributed by atoms with E-state index < -0.39 is 5.41 Å². The van der Waals surface area contributed by atoms with E-state index in [4.69, 9.17) is 0 Å². The number of allylic oxidation sites excluding steroid dienone is 1. The summed E-state index contributed by atoms with van der Waals surface area (Å²) in [6.07, 6.45) is 5.45. The van der Waals surface area contributed by atoms with Gasteiger partial charge in [-0.3, -0.25) is 14.9 Å². The lowest BCUT2D eigenvalue weighted by molar-refractivity contribution is -0.126. The smallest absolute Gasteiger partial charge is 0.243 e. The number of fused-ring (bicyclic) bond motifs is 2. The van der Waals surface area contributed by atoms with Crippen molar-refractivity contribution in [2.75, 3.05) is 0 Å². The Bertz CT molecular complexity index is 726. The molecule has 1 aromatic heterocycles. The highest BCUT2D eigenvalue weighted by molar-refractivity contribution is 6.12. The molecule has 1 aromatic carbocycles. The average molecular weight is 266 g/mol. The number of hydrogen-bond donors (Lipinski definition) is 2. The van der Waals surface area contributed by atoms with E-state index in [1.165, 1.54) is 0 Å². The van der Waals surface area contributed by atoms with Crippen molar-refractivity contribution >= 4 is 22.7 Å². The molecule has 2 unspecified atom stereocenters. The van der Waals surface area contributed by atoms with Crippen LogP contribution in [0.3, 0.4) is 0 Å². The SMILES string of the molecule is O=C1NC(=O)C2(c3cc4ccccc4[nH]3)C=CCCC12. The molecule has 100 valence electrons. The Hall–Kier alpha value is -2.36. The molecule has 1 saturated heterocycles. The molecule has 0 bridgehead atoms. The number of H-pyrrole nitrogens is 1. The third-order valence-corrected chi connectivity index (χ3v) is 4.46. The summed E-state index contributed by atoms with van der Waals surface area (Å²) in [4.78, 5) is 27.8. The zero-order chi connectivity index (χ0) is 13.7. The van der Waals surface area contributed by atoms with Crippen molar-refractivity contribution in [3.05, 3.63) is 48.2 Å². The first-order valence-electron chi connectivity index (χ1n) is 6.83. The molecular weight excluding hydrogens is 252 g/mol. The monoisotopic (exact) mass is 266 g/mol. The highest BCUT2D eigenvalue weighted by atomic mass is 16.2. The second kappa shape index (κ2) is 3.82. The standard InChI is InChI=1S/C16H14N2O2/c19-14-11-6-3-4-8-16(11,15(20)18-14)13-9-10-5-1-2-7-12(10)17-13/h1-2,4-5,7-9,11,17H,3,6H2,(H,18,19,20). The number of carbonyl (C=O) groups excluding carboxylic acids is 2. The molecule has 20 heavy (non-hydrogen) atoms. The van der Waals surface area contributed by atoms with Gasteiger partial charge in [-0.25, -0.2) is 0 Å². The first-order valence-corrected chi connectivity index (χ1v) is 6.83. The van der Waals surface area contributed by atoms with Gasteiger partial charge in [0.05, 0.1) is 5.92 Å². The van der Waals surface area contributed by atoms with Crippen LogP contribution in [0.5, 0.6) is 0 Å². The average Bonchev–Trinajstić information content (AvgIpc) is 3.00. The maximum Gasteiger partial charge on any atom is 0.243 e. The van der Waals surface area contributed by atoms with Crippen LogP contribution >= 0.6 is 0 Å². The highest BCUT2D eigenvalue weighted by Gasteiger charge is 2.56. The molecule has 2 heterocycles. The lowest BCUT2D eigenvalue weighted by atomic mass is 9.69. The Morgan fingerprint density at radius 3 is 2.90 bits per heavy atom. The van der Waals surface area contributed by atoms with E-state index in [0.29, 0.717) is 6.42 Å².